The van der Waals surface area contributed by atoms with Crippen LogP contribution in [0.25, 0.3) is 11.4 Å². The number of aromatic nitrogens is 3. The Labute approximate surface area is 125 Å². The predicted octanol–water partition coefficient (Wildman–Crippen LogP) is 2.37. The summed E-state index contributed by atoms with van der Waals surface area (Å²) in [4.78, 5) is 13.2. The van der Waals surface area contributed by atoms with E-state index in [4.69, 9.17) is 0 Å². The first-order chi connectivity index (χ1) is 9.73. The van der Waals surface area contributed by atoms with E-state index >= 15 is 0 Å². The van der Waals surface area contributed by atoms with Crippen LogP contribution in [0, 0.1) is 0 Å². The molecule has 0 aromatic heterocycles. The van der Waals surface area contributed by atoms with Gasteiger partial charge in [-0.2, -0.15) is 4.98 Å². The van der Waals surface area contributed by atoms with Crippen molar-refractivity contribution in [3.63, 3.8) is 0 Å². The highest BCUT2D eigenvalue weighted by Crippen LogP contribution is 2.45. The van der Waals surface area contributed by atoms with Crippen LogP contribution in [-0.2, 0) is 5.54 Å². The molecule has 4 rings (SSSR count). The van der Waals surface area contributed by atoms with Crippen molar-refractivity contribution in [3.8, 4) is 11.4 Å². The minimum Gasteiger partial charge on any atom is -0.369 e. The van der Waals surface area contributed by atoms with E-state index in [9.17, 15) is 0 Å². The van der Waals surface area contributed by atoms with Crippen LogP contribution in [0.2, 0.25) is 0 Å². The minimum absolute atomic E-state index is 0.188. The third-order valence-corrected chi connectivity index (χ3v) is 5.14. The SMILES string of the molecule is CN=c1nc(Br)c2ccc3n(c-2n1)C1(CCCC1)CN3. The summed E-state index contributed by atoms with van der Waals surface area (Å²) in [6.45, 7) is 1.01. The van der Waals surface area contributed by atoms with E-state index in [0.29, 0.717) is 5.62 Å². The summed E-state index contributed by atoms with van der Waals surface area (Å²) >= 11 is 3.55. The zero-order chi connectivity index (χ0) is 13.7. The number of hydrogen-bond acceptors (Lipinski definition) is 4. The number of rotatable bonds is 0. The molecule has 0 unspecified atom stereocenters. The number of anilines is 1. The standard InChI is InChI=1S/C14H16BrN5/c1-16-13-18-11(15)9-4-5-10-17-8-14(6-2-3-7-14)20(10)12(9)19-13/h4-5,17H,2-3,6-8H2,1H3. The molecule has 1 N–H and O–H groups in total. The van der Waals surface area contributed by atoms with Gasteiger partial charge in [0, 0.05) is 13.6 Å². The number of fused-ring (bicyclic) bond motifs is 4. The Bertz CT molecular complexity index is 714. The van der Waals surface area contributed by atoms with E-state index in [-0.39, 0.29) is 5.54 Å². The largest absolute Gasteiger partial charge is 0.369 e. The molecule has 1 spiro atoms. The summed E-state index contributed by atoms with van der Waals surface area (Å²) in [6.07, 6.45) is 5.03. The molecule has 4 aliphatic rings. The molecule has 1 saturated carbocycles. The Morgan fingerprint density at radius 2 is 2.10 bits per heavy atom. The predicted molar refractivity (Wildman–Crippen MR) is 80.8 cm³/mol. The van der Waals surface area contributed by atoms with Crippen LogP contribution >= 0.6 is 15.9 Å². The van der Waals surface area contributed by atoms with Crippen LogP contribution in [0.3, 0.4) is 0 Å². The van der Waals surface area contributed by atoms with Crippen LogP contribution in [0.4, 0.5) is 5.82 Å². The number of hydrogen-bond donors (Lipinski definition) is 1. The van der Waals surface area contributed by atoms with Crippen molar-refractivity contribution in [2.75, 3.05) is 18.9 Å². The van der Waals surface area contributed by atoms with Gasteiger partial charge in [0.05, 0.1) is 11.1 Å². The van der Waals surface area contributed by atoms with E-state index in [1.807, 2.05) is 0 Å². The maximum Gasteiger partial charge on any atom is 0.247 e. The van der Waals surface area contributed by atoms with Gasteiger partial charge in [0.25, 0.3) is 0 Å². The van der Waals surface area contributed by atoms with E-state index in [2.05, 4.69) is 52.9 Å². The third kappa shape index (κ3) is 1.57. The van der Waals surface area contributed by atoms with Crippen LogP contribution in [0.15, 0.2) is 21.7 Å². The topological polar surface area (TPSA) is 55.1 Å². The van der Waals surface area contributed by atoms with Crippen molar-refractivity contribution < 1.29 is 0 Å². The highest BCUT2D eigenvalue weighted by molar-refractivity contribution is 9.10. The molecule has 0 bridgehead atoms. The Balaban J connectivity index is 2.06. The number of halogens is 1. The summed E-state index contributed by atoms with van der Waals surface area (Å²) in [5, 5.41) is 3.54. The second-order valence-electron chi connectivity index (χ2n) is 5.61. The molecule has 6 heteroatoms. The average Bonchev–Trinajstić information content (AvgIpc) is 3.08. The van der Waals surface area contributed by atoms with E-state index in [1.54, 1.807) is 7.05 Å². The van der Waals surface area contributed by atoms with Crippen molar-refractivity contribution in [2.24, 2.45) is 4.99 Å². The minimum atomic E-state index is 0.188. The second-order valence-corrected chi connectivity index (χ2v) is 6.37. The summed E-state index contributed by atoms with van der Waals surface area (Å²) in [7, 11) is 1.73. The molecule has 0 amide bonds. The summed E-state index contributed by atoms with van der Waals surface area (Å²) in [6, 6.07) is 4.21. The summed E-state index contributed by atoms with van der Waals surface area (Å²) in [5.74, 6) is 2.14. The zero-order valence-electron chi connectivity index (χ0n) is 11.4. The van der Waals surface area contributed by atoms with Crippen molar-refractivity contribution in [3.05, 3.63) is 22.4 Å². The van der Waals surface area contributed by atoms with Gasteiger partial charge in [0.2, 0.25) is 5.62 Å². The molecule has 5 nitrogen and oxygen atoms in total. The fourth-order valence-corrected chi connectivity index (χ4v) is 4.04. The molecular formula is C14H16BrN5. The first-order valence-corrected chi connectivity index (χ1v) is 7.79. The van der Waals surface area contributed by atoms with Gasteiger partial charge in [-0.15, -0.1) is 0 Å². The molecule has 1 aliphatic carbocycles. The van der Waals surface area contributed by atoms with Crippen molar-refractivity contribution >= 4 is 21.7 Å². The summed E-state index contributed by atoms with van der Waals surface area (Å²) < 4.78 is 3.20. The van der Waals surface area contributed by atoms with E-state index in [0.717, 1.165) is 28.4 Å². The van der Waals surface area contributed by atoms with Crippen molar-refractivity contribution in [1.82, 2.24) is 14.5 Å². The quantitative estimate of drug-likeness (QED) is 0.753. The number of pyridine rings is 1. The highest BCUT2D eigenvalue weighted by Gasteiger charge is 2.42. The lowest BCUT2D eigenvalue weighted by molar-refractivity contribution is 0.344. The second kappa shape index (κ2) is 4.28. The molecular weight excluding hydrogens is 318 g/mol. The van der Waals surface area contributed by atoms with Crippen LogP contribution in [-0.4, -0.2) is 28.1 Å². The summed E-state index contributed by atoms with van der Waals surface area (Å²) in [5.41, 5.74) is 1.77. The monoisotopic (exact) mass is 333 g/mol. The zero-order valence-corrected chi connectivity index (χ0v) is 12.9. The molecule has 3 aliphatic heterocycles. The fourth-order valence-electron chi connectivity index (χ4n) is 3.57. The molecule has 0 aromatic rings. The van der Waals surface area contributed by atoms with Crippen LogP contribution in [0.5, 0.6) is 0 Å². The molecule has 0 saturated heterocycles. The maximum absolute atomic E-state index is 4.66. The molecule has 0 radical (unpaired) electrons. The van der Waals surface area contributed by atoms with Gasteiger partial charge >= 0.3 is 0 Å². The fraction of sp³-hybridized carbons (Fsp3) is 0.500. The van der Waals surface area contributed by atoms with Crippen LogP contribution in [0.1, 0.15) is 25.7 Å². The number of nitrogens with zero attached hydrogens (tertiary/aromatic N) is 4. The van der Waals surface area contributed by atoms with Crippen molar-refractivity contribution in [2.45, 2.75) is 31.2 Å². The van der Waals surface area contributed by atoms with Gasteiger partial charge in [-0.1, -0.05) is 12.8 Å². The molecule has 3 heterocycles. The Hall–Kier alpha value is -1.43. The van der Waals surface area contributed by atoms with Gasteiger partial charge in [-0.05, 0) is 40.9 Å². The molecule has 20 heavy (non-hydrogen) atoms. The maximum atomic E-state index is 4.66. The van der Waals surface area contributed by atoms with E-state index in [1.165, 1.54) is 25.7 Å². The normalized spacial score (nSPS) is 20.6. The van der Waals surface area contributed by atoms with Gasteiger partial charge in [-0.3, -0.25) is 4.99 Å². The van der Waals surface area contributed by atoms with Gasteiger partial charge < -0.3 is 9.88 Å². The van der Waals surface area contributed by atoms with Crippen LogP contribution < -0.4 is 10.9 Å². The smallest absolute Gasteiger partial charge is 0.247 e. The lowest BCUT2D eigenvalue weighted by Crippen LogP contribution is -2.33. The van der Waals surface area contributed by atoms with Gasteiger partial charge in [0.1, 0.15) is 16.2 Å². The van der Waals surface area contributed by atoms with Gasteiger partial charge in [-0.25, -0.2) is 4.98 Å². The number of nitrogens with one attached hydrogen (secondary N) is 1. The molecule has 104 valence electrons. The van der Waals surface area contributed by atoms with E-state index < -0.39 is 0 Å². The van der Waals surface area contributed by atoms with Gasteiger partial charge in [0.15, 0.2) is 0 Å². The molecule has 0 atom stereocenters. The Morgan fingerprint density at radius 1 is 1.30 bits per heavy atom. The Kier molecular flexibility index (Phi) is 2.64. The molecule has 1 fully saturated rings. The lowest BCUT2D eigenvalue weighted by atomic mass is 9.97. The first kappa shape index (κ1) is 12.3. The average molecular weight is 334 g/mol. The van der Waals surface area contributed by atoms with Crippen molar-refractivity contribution in [1.29, 1.82) is 0 Å². The Morgan fingerprint density at radius 3 is 2.85 bits per heavy atom. The molecule has 0 aromatic carbocycles. The first-order valence-electron chi connectivity index (χ1n) is 7.00. The lowest BCUT2D eigenvalue weighted by Gasteiger charge is -2.28. The highest BCUT2D eigenvalue weighted by atomic mass is 79.9. The third-order valence-electron chi connectivity index (χ3n) is 4.53.